The minimum absolute atomic E-state index is 0.0750. The molecule has 4 rings (SSSR count). The number of hydrogen-bond acceptors (Lipinski definition) is 4. The van der Waals surface area contributed by atoms with Crippen LogP contribution in [0.15, 0.2) is 53.4 Å². The molecule has 8 heteroatoms. The molecule has 27 heavy (non-hydrogen) atoms. The van der Waals surface area contributed by atoms with Gasteiger partial charge in [-0.15, -0.1) is 0 Å². The Morgan fingerprint density at radius 3 is 2.52 bits per heavy atom. The molecule has 0 unspecified atom stereocenters. The highest BCUT2D eigenvalue weighted by Crippen LogP contribution is 2.35. The van der Waals surface area contributed by atoms with Crippen molar-refractivity contribution in [3.05, 3.63) is 59.7 Å². The van der Waals surface area contributed by atoms with Gasteiger partial charge in [0.15, 0.2) is 0 Å². The number of carbonyl (C=O) groups excluding carboxylic acids is 2. The minimum Gasteiger partial charge on any atom is -0.326 e. The van der Waals surface area contributed by atoms with Crippen LogP contribution in [0.4, 0.5) is 5.69 Å². The first-order chi connectivity index (χ1) is 12.9. The molecule has 1 atom stereocenters. The summed E-state index contributed by atoms with van der Waals surface area (Å²) in [6.07, 6.45) is 0.138. The lowest BCUT2D eigenvalue weighted by atomic mass is 10.0. The normalized spacial score (nSPS) is 20.5. The number of amides is 2. The van der Waals surface area contributed by atoms with E-state index in [0.717, 1.165) is 11.1 Å². The maximum absolute atomic E-state index is 13.3. The number of rotatable bonds is 3. The Morgan fingerprint density at radius 1 is 1.04 bits per heavy atom. The van der Waals surface area contributed by atoms with Gasteiger partial charge in [0.25, 0.3) is 0 Å². The molecule has 140 valence electrons. The molecule has 2 aliphatic rings. The zero-order valence-corrected chi connectivity index (χ0v) is 15.6. The Morgan fingerprint density at radius 2 is 1.78 bits per heavy atom. The predicted octanol–water partition coefficient (Wildman–Crippen LogP) is 1.73. The number of benzene rings is 2. The van der Waals surface area contributed by atoms with Crippen molar-refractivity contribution in [2.24, 2.45) is 0 Å². The van der Waals surface area contributed by atoms with E-state index in [1.165, 1.54) is 15.3 Å². The number of fused-ring (bicyclic) bond motifs is 1. The maximum Gasteiger partial charge on any atom is 0.245 e. The van der Waals surface area contributed by atoms with Gasteiger partial charge in [-0.25, -0.2) is 8.42 Å². The highest BCUT2D eigenvalue weighted by molar-refractivity contribution is 7.89. The van der Waals surface area contributed by atoms with E-state index in [0.29, 0.717) is 18.5 Å². The van der Waals surface area contributed by atoms with Gasteiger partial charge in [-0.1, -0.05) is 30.3 Å². The molecule has 0 radical (unpaired) electrons. The van der Waals surface area contributed by atoms with Gasteiger partial charge < -0.3 is 10.2 Å². The maximum atomic E-state index is 13.3. The van der Waals surface area contributed by atoms with Gasteiger partial charge in [0.2, 0.25) is 21.8 Å². The summed E-state index contributed by atoms with van der Waals surface area (Å²) in [7, 11) is -2.28. The average molecular weight is 385 g/mol. The lowest BCUT2D eigenvalue weighted by Crippen LogP contribution is -2.34. The zero-order chi connectivity index (χ0) is 19.2. The van der Waals surface area contributed by atoms with Crippen LogP contribution in [0.3, 0.4) is 0 Å². The molecule has 0 spiro atoms. The molecule has 1 saturated heterocycles. The number of anilines is 1. The smallest absolute Gasteiger partial charge is 0.245 e. The van der Waals surface area contributed by atoms with E-state index in [2.05, 4.69) is 5.32 Å². The number of hydrogen-bond donors (Lipinski definition) is 1. The van der Waals surface area contributed by atoms with Crippen LogP contribution in [0.1, 0.15) is 23.7 Å². The summed E-state index contributed by atoms with van der Waals surface area (Å²) in [6, 6.07) is 13.8. The van der Waals surface area contributed by atoms with E-state index in [9.17, 15) is 18.0 Å². The van der Waals surface area contributed by atoms with Crippen LogP contribution >= 0.6 is 0 Å². The topological polar surface area (TPSA) is 86.8 Å². The number of nitrogens with zero attached hydrogens (tertiary/aromatic N) is 2. The second-order valence-electron chi connectivity index (χ2n) is 6.71. The molecular weight excluding hydrogens is 366 g/mol. The third-order valence-electron chi connectivity index (χ3n) is 5.00. The molecule has 2 aromatic carbocycles. The summed E-state index contributed by atoms with van der Waals surface area (Å²) < 4.78 is 27.9. The van der Waals surface area contributed by atoms with Gasteiger partial charge in [-0.3, -0.25) is 9.59 Å². The van der Waals surface area contributed by atoms with E-state index < -0.39 is 16.2 Å². The van der Waals surface area contributed by atoms with E-state index in [4.69, 9.17) is 0 Å². The van der Waals surface area contributed by atoms with Crippen LogP contribution in [-0.2, 0) is 26.0 Å². The van der Waals surface area contributed by atoms with Gasteiger partial charge in [0.1, 0.15) is 6.17 Å². The van der Waals surface area contributed by atoms with Crippen molar-refractivity contribution >= 4 is 27.5 Å². The molecule has 2 aliphatic heterocycles. The lowest BCUT2D eigenvalue weighted by molar-refractivity contribution is -0.126. The molecule has 2 aromatic rings. The van der Waals surface area contributed by atoms with Crippen LogP contribution in [0.2, 0.25) is 0 Å². The predicted molar refractivity (Wildman–Crippen MR) is 99.2 cm³/mol. The van der Waals surface area contributed by atoms with Crippen molar-refractivity contribution in [2.45, 2.75) is 23.9 Å². The fraction of sp³-hybridized carbons (Fsp3) is 0.263. The minimum atomic E-state index is -3.89. The van der Waals surface area contributed by atoms with Gasteiger partial charge in [-0.05, 0) is 35.7 Å². The van der Waals surface area contributed by atoms with E-state index >= 15 is 0 Å². The second-order valence-corrected chi connectivity index (χ2v) is 8.60. The molecule has 0 saturated carbocycles. The van der Waals surface area contributed by atoms with Gasteiger partial charge in [0, 0.05) is 19.2 Å². The third-order valence-corrected chi connectivity index (χ3v) is 6.80. The van der Waals surface area contributed by atoms with Crippen molar-refractivity contribution in [3.8, 4) is 0 Å². The SMILES string of the molecule is CN1C(=O)CN(S(=O)(=O)c2ccc3c(c2)CCC(=O)N3)[C@@H]1c1ccccc1. The van der Waals surface area contributed by atoms with Gasteiger partial charge >= 0.3 is 0 Å². The summed E-state index contributed by atoms with van der Waals surface area (Å²) in [5, 5.41) is 2.75. The molecule has 0 aromatic heterocycles. The van der Waals surface area contributed by atoms with Gasteiger partial charge in [-0.2, -0.15) is 4.31 Å². The monoisotopic (exact) mass is 385 g/mol. The molecular formula is C19H19N3O4S. The van der Waals surface area contributed by atoms with E-state index in [1.807, 2.05) is 30.3 Å². The summed E-state index contributed by atoms with van der Waals surface area (Å²) in [5.41, 5.74) is 2.16. The molecule has 2 heterocycles. The van der Waals surface area contributed by atoms with E-state index in [1.54, 1.807) is 19.2 Å². The highest BCUT2D eigenvalue weighted by atomic mass is 32.2. The molecule has 0 bridgehead atoms. The Bertz CT molecular complexity index is 1020. The van der Waals surface area contributed by atoms with E-state index in [-0.39, 0.29) is 23.3 Å². The fourth-order valence-electron chi connectivity index (χ4n) is 3.55. The summed E-state index contributed by atoms with van der Waals surface area (Å²) >= 11 is 0. The van der Waals surface area contributed by atoms with Crippen molar-refractivity contribution in [1.29, 1.82) is 0 Å². The van der Waals surface area contributed by atoms with Gasteiger partial charge in [0.05, 0.1) is 11.4 Å². The first-order valence-corrected chi connectivity index (χ1v) is 10.1. The second kappa shape index (κ2) is 6.47. The van der Waals surface area contributed by atoms with Crippen molar-refractivity contribution in [3.63, 3.8) is 0 Å². The summed E-state index contributed by atoms with van der Waals surface area (Å²) in [5.74, 6) is -0.327. The number of aryl methyl sites for hydroxylation is 1. The Hall–Kier alpha value is -2.71. The first-order valence-electron chi connectivity index (χ1n) is 8.63. The number of sulfonamides is 1. The average Bonchev–Trinajstić information content (AvgIpc) is 2.97. The van der Waals surface area contributed by atoms with Crippen LogP contribution in [0, 0.1) is 0 Å². The Labute approximate surface area is 157 Å². The fourth-order valence-corrected chi connectivity index (χ4v) is 5.16. The number of nitrogens with one attached hydrogen (secondary N) is 1. The van der Waals surface area contributed by atoms with Crippen molar-refractivity contribution < 1.29 is 18.0 Å². The molecule has 2 amide bonds. The molecule has 0 aliphatic carbocycles. The molecule has 1 fully saturated rings. The standard InChI is InChI=1S/C19H19N3O4S/c1-21-18(24)12-22(19(21)13-5-3-2-4-6-13)27(25,26)15-8-9-16-14(11-15)7-10-17(23)20-16/h2-6,8-9,11,19H,7,10,12H2,1H3,(H,20,23)/t19-/m1/s1. The largest absolute Gasteiger partial charge is 0.326 e. The van der Waals surface area contributed by atoms with Crippen molar-refractivity contribution in [2.75, 3.05) is 18.9 Å². The third kappa shape index (κ3) is 3.00. The number of carbonyl (C=O) groups is 2. The summed E-state index contributed by atoms with van der Waals surface area (Å²) in [4.78, 5) is 25.4. The lowest BCUT2D eigenvalue weighted by Gasteiger charge is -2.28. The summed E-state index contributed by atoms with van der Waals surface area (Å²) in [6.45, 7) is -0.202. The van der Waals surface area contributed by atoms with Crippen LogP contribution in [0.5, 0.6) is 0 Å². The number of likely N-dealkylation sites (N-methyl/N-ethyl adjacent to an activating group) is 1. The zero-order valence-electron chi connectivity index (χ0n) is 14.8. The van der Waals surface area contributed by atoms with Crippen molar-refractivity contribution in [1.82, 2.24) is 9.21 Å². The first kappa shape index (κ1) is 17.7. The van der Waals surface area contributed by atoms with Crippen LogP contribution < -0.4 is 5.32 Å². The quantitative estimate of drug-likeness (QED) is 0.872. The van der Waals surface area contributed by atoms with Crippen LogP contribution in [-0.4, -0.2) is 43.0 Å². The highest BCUT2D eigenvalue weighted by Gasteiger charge is 2.44. The van der Waals surface area contributed by atoms with Crippen LogP contribution in [0.25, 0.3) is 0 Å². The Kier molecular flexibility index (Phi) is 4.24. The molecule has 1 N–H and O–H groups in total. The molecule has 7 nitrogen and oxygen atoms in total. The Balaban J connectivity index is 1.74.